The van der Waals surface area contributed by atoms with Crippen LogP contribution in [-0.4, -0.2) is 38.7 Å². The fourth-order valence-corrected chi connectivity index (χ4v) is 3.48. The van der Waals surface area contributed by atoms with E-state index in [-0.39, 0.29) is 17.7 Å². The molecular weight excluding hydrogens is 336 g/mol. The van der Waals surface area contributed by atoms with Gasteiger partial charge in [0.1, 0.15) is 16.7 Å². The molecule has 2 atom stereocenters. The molecule has 0 spiro atoms. The number of nitrogens with one attached hydrogen (secondary N) is 1. The van der Waals surface area contributed by atoms with Gasteiger partial charge in [0.15, 0.2) is 0 Å². The summed E-state index contributed by atoms with van der Waals surface area (Å²) in [4.78, 5) is 12.8. The second-order valence-electron chi connectivity index (χ2n) is 5.94. The molecule has 8 heteroatoms. The Morgan fingerprint density at radius 1 is 1.42 bits per heavy atom. The summed E-state index contributed by atoms with van der Waals surface area (Å²) in [6, 6.07) is 6.44. The van der Waals surface area contributed by atoms with Crippen LogP contribution in [0.25, 0.3) is 11.3 Å². The van der Waals surface area contributed by atoms with Crippen LogP contribution in [0.3, 0.4) is 0 Å². The molecule has 2 aromatic rings. The Balaban J connectivity index is 1.82. The number of hydrogen-bond acceptors (Lipinski definition) is 5. The van der Waals surface area contributed by atoms with E-state index in [1.54, 1.807) is 0 Å². The predicted molar refractivity (Wildman–Crippen MR) is 86.1 cm³/mol. The molecule has 1 amide bonds. The molecule has 5 nitrogen and oxygen atoms in total. The van der Waals surface area contributed by atoms with E-state index in [1.165, 1.54) is 0 Å². The molecule has 3 rings (SSSR count). The Morgan fingerprint density at radius 2 is 2.17 bits per heavy atom. The van der Waals surface area contributed by atoms with E-state index in [1.807, 2.05) is 31.2 Å². The molecule has 0 aliphatic heterocycles. The molecule has 0 bridgehead atoms. The van der Waals surface area contributed by atoms with Gasteiger partial charge in [-0.25, -0.2) is 8.78 Å². The van der Waals surface area contributed by atoms with Gasteiger partial charge < -0.3 is 10.4 Å². The van der Waals surface area contributed by atoms with E-state index in [2.05, 4.69) is 14.9 Å². The van der Waals surface area contributed by atoms with Gasteiger partial charge in [-0.2, -0.15) is 0 Å². The lowest BCUT2D eigenvalue weighted by Gasteiger charge is -2.34. The lowest BCUT2D eigenvalue weighted by molar-refractivity contribution is -0.141. The van der Waals surface area contributed by atoms with Gasteiger partial charge in [-0.05, 0) is 36.9 Å². The molecule has 24 heavy (non-hydrogen) atoms. The van der Waals surface area contributed by atoms with Crippen molar-refractivity contribution in [3.05, 3.63) is 34.7 Å². The highest BCUT2D eigenvalue weighted by atomic mass is 32.1. The van der Waals surface area contributed by atoms with Gasteiger partial charge in [-0.15, -0.1) is 5.10 Å². The van der Waals surface area contributed by atoms with Gasteiger partial charge >= 0.3 is 0 Å². The number of alkyl halides is 2. The molecule has 1 aliphatic rings. The molecular formula is C16H17F2N3O2S. The Labute approximate surface area is 141 Å². The Kier molecular flexibility index (Phi) is 4.60. The van der Waals surface area contributed by atoms with E-state index in [9.17, 15) is 18.7 Å². The number of aliphatic hydroxyl groups is 1. The number of amides is 1. The maximum absolute atomic E-state index is 13.6. The van der Waals surface area contributed by atoms with Crippen molar-refractivity contribution in [2.24, 2.45) is 0 Å². The molecule has 1 aliphatic carbocycles. The number of aromatic nitrogens is 2. The minimum absolute atomic E-state index is 0.251. The van der Waals surface area contributed by atoms with Crippen molar-refractivity contribution < 1.29 is 18.7 Å². The first-order valence-corrected chi connectivity index (χ1v) is 8.42. The highest BCUT2D eigenvalue weighted by Gasteiger charge is 2.46. The van der Waals surface area contributed by atoms with Gasteiger partial charge in [0.2, 0.25) is 0 Å². The number of rotatable bonds is 3. The standard InChI is InChI=1S/C16H17F2N3O2S/c1-9-5-2-3-6-10(9)12-13(24-21-20-12)15(23)19-11-7-4-8-16(17,18)14(11)22/h2-3,5-6,11,14,22H,4,7-8H2,1H3,(H,19,23)/t11-,14+/m1/s1. The topological polar surface area (TPSA) is 75.1 Å². The third kappa shape index (κ3) is 3.16. The van der Waals surface area contributed by atoms with Gasteiger partial charge in [0.05, 0.1) is 6.04 Å². The average Bonchev–Trinajstić information content (AvgIpc) is 3.01. The van der Waals surface area contributed by atoms with Gasteiger partial charge in [0.25, 0.3) is 11.8 Å². The molecule has 1 aromatic carbocycles. The number of halogens is 2. The van der Waals surface area contributed by atoms with E-state index < -0.39 is 24.0 Å². The normalized spacial score (nSPS) is 23.0. The van der Waals surface area contributed by atoms with E-state index in [4.69, 9.17) is 0 Å². The molecule has 1 fully saturated rings. The van der Waals surface area contributed by atoms with Crippen molar-refractivity contribution in [2.45, 2.75) is 44.3 Å². The zero-order valence-electron chi connectivity index (χ0n) is 13.0. The van der Waals surface area contributed by atoms with Crippen molar-refractivity contribution in [1.82, 2.24) is 14.9 Å². The highest BCUT2D eigenvalue weighted by molar-refractivity contribution is 7.08. The quantitative estimate of drug-likeness (QED) is 0.890. The van der Waals surface area contributed by atoms with Crippen LogP contribution in [0, 0.1) is 6.92 Å². The number of nitrogens with zero attached hydrogens (tertiary/aromatic N) is 2. The average molecular weight is 353 g/mol. The van der Waals surface area contributed by atoms with Crippen LogP contribution in [0.4, 0.5) is 8.78 Å². The first kappa shape index (κ1) is 16.9. The second-order valence-corrected chi connectivity index (χ2v) is 6.70. The zero-order chi connectivity index (χ0) is 17.3. The van der Waals surface area contributed by atoms with E-state index in [0.717, 1.165) is 22.7 Å². The number of benzene rings is 1. The Hall–Kier alpha value is -1.93. The summed E-state index contributed by atoms with van der Waals surface area (Å²) in [7, 11) is 0. The largest absolute Gasteiger partial charge is 0.385 e. The van der Waals surface area contributed by atoms with Crippen LogP contribution >= 0.6 is 11.5 Å². The van der Waals surface area contributed by atoms with Gasteiger partial charge in [0, 0.05) is 12.0 Å². The van der Waals surface area contributed by atoms with E-state index >= 15 is 0 Å². The number of carbonyl (C=O) groups is 1. The van der Waals surface area contributed by atoms with Gasteiger partial charge in [-0.1, -0.05) is 28.8 Å². The minimum atomic E-state index is -3.18. The number of carbonyl (C=O) groups excluding carboxylic acids is 1. The third-order valence-electron chi connectivity index (χ3n) is 4.25. The van der Waals surface area contributed by atoms with Crippen LogP contribution in [0.5, 0.6) is 0 Å². The second kappa shape index (κ2) is 6.52. The van der Waals surface area contributed by atoms with Crippen LogP contribution < -0.4 is 5.32 Å². The minimum Gasteiger partial charge on any atom is -0.385 e. The smallest absolute Gasteiger partial charge is 0.275 e. The Bertz CT molecular complexity index is 750. The van der Waals surface area contributed by atoms with Crippen LogP contribution in [-0.2, 0) is 0 Å². The number of hydrogen-bond donors (Lipinski definition) is 2. The zero-order valence-corrected chi connectivity index (χ0v) is 13.8. The summed E-state index contributed by atoms with van der Waals surface area (Å²) in [5.41, 5.74) is 2.13. The molecule has 1 heterocycles. The fourth-order valence-electron chi connectivity index (χ4n) is 2.90. The summed E-state index contributed by atoms with van der Waals surface area (Å²) < 4.78 is 31.1. The maximum Gasteiger partial charge on any atom is 0.275 e. The van der Waals surface area contributed by atoms with Crippen molar-refractivity contribution in [2.75, 3.05) is 0 Å². The highest BCUT2D eigenvalue weighted by Crippen LogP contribution is 2.34. The molecule has 1 aromatic heterocycles. The first-order valence-electron chi connectivity index (χ1n) is 7.65. The summed E-state index contributed by atoms with van der Waals surface area (Å²) in [6.07, 6.45) is -1.68. The van der Waals surface area contributed by atoms with Crippen molar-refractivity contribution in [3.8, 4) is 11.3 Å². The summed E-state index contributed by atoms with van der Waals surface area (Å²) in [5, 5.41) is 16.3. The molecule has 0 radical (unpaired) electrons. The summed E-state index contributed by atoms with van der Waals surface area (Å²) in [6.45, 7) is 1.89. The maximum atomic E-state index is 13.6. The number of aryl methyl sites for hydroxylation is 1. The monoisotopic (exact) mass is 353 g/mol. The van der Waals surface area contributed by atoms with Gasteiger partial charge in [-0.3, -0.25) is 4.79 Å². The number of aliphatic hydroxyl groups excluding tert-OH is 1. The van der Waals surface area contributed by atoms with Crippen LogP contribution in [0.2, 0.25) is 0 Å². The summed E-state index contributed by atoms with van der Waals surface area (Å²) >= 11 is 0.909. The van der Waals surface area contributed by atoms with Crippen molar-refractivity contribution in [1.29, 1.82) is 0 Å². The fraction of sp³-hybridized carbons (Fsp3) is 0.438. The molecule has 1 saturated carbocycles. The van der Waals surface area contributed by atoms with E-state index in [0.29, 0.717) is 12.1 Å². The molecule has 0 saturated heterocycles. The molecule has 0 unspecified atom stereocenters. The van der Waals surface area contributed by atoms with Crippen molar-refractivity contribution >= 4 is 17.4 Å². The third-order valence-corrected chi connectivity index (χ3v) is 4.97. The first-order chi connectivity index (χ1) is 11.4. The van der Waals surface area contributed by atoms with Crippen molar-refractivity contribution in [3.63, 3.8) is 0 Å². The summed E-state index contributed by atoms with van der Waals surface area (Å²) in [5.74, 6) is -3.72. The molecule has 128 valence electrons. The predicted octanol–water partition coefficient (Wildman–Crippen LogP) is 2.79. The Morgan fingerprint density at radius 3 is 2.92 bits per heavy atom. The van der Waals surface area contributed by atoms with Crippen LogP contribution in [0.1, 0.15) is 34.5 Å². The molecule has 2 N–H and O–H groups in total. The lowest BCUT2D eigenvalue weighted by Crippen LogP contribution is -2.54. The van der Waals surface area contributed by atoms with Crippen LogP contribution in [0.15, 0.2) is 24.3 Å². The lowest BCUT2D eigenvalue weighted by atomic mass is 9.89. The SMILES string of the molecule is Cc1ccccc1-c1nnsc1C(=O)N[C@@H]1CCCC(F)(F)[C@H]1O.